The first-order chi connectivity index (χ1) is 12.1. The molecule has 1 N–H and O–H groups in total. The monoisotopic (exact) mass is 338 g/mol. The Balaban J connectivity index is 1.62. The molecule has 2 aliphatic heterocycles. The van der Waals surface area contributed by atoms with Crippen molar-refractivity contribution in [3.05, 3.63) is 53.1 Å². The van der Waals surface area contributed by atoms with E-state index in [1.807, 2.05) is 24.4 Å². The summed E-state index contributed by atoms with van der Waals surface area (Å²) in [6, 6.07) is 8.76. The Morgan fingerprint density at radius 2 is 2.08 bits per heavy atom. The highest BCUT2D eigenvalue weighted by Crippen LogP contribution is 2.31. The molecule has 2 aliphatic rings. The smallest absolute Gasteiger partial charge is 0.256 e. The van der Waals surface area contributed by atoms with E-state index >= 15 is 0 Å². The number of carbonyl (C=O) groups is 1. The van der Waals surface area contributed by atoms with Crippen molar-refractivity contribution in [1.29, 1.82) is 0 Å². The summed E-state index contributed by atoms with van der Waals surface area (Å²) in [4.78, 5) is 19.9. The molecule has 0 radical (unpaired) electrons. The van der Waals surface area contributed by atoms with E-state index in [-0.39, 0.29) is 5.91 Å². The summed E-state index contributed by atoms with van der Waals surface area (Å²) in [6.45, 7) is 6.78. The van der Waals surface area contributed by atoms with Crippen LogP contribution in [0.1, 0.15) is 46.7 Å². The Hall–Kier alpha value is -2.14. The highest BCUT2D eigenvalue weighted by molar-refractivity contribution is 5.96. The highest BCUT2D eigenvalue weighted by atomic mass is 16.2. The second-order valence-corrected chi connectivity index (χ2v) is 7.28. The molecule has 1 amide bonds. The van der Waals surface area contributed by atoms with Crippen molar-refractivity contribution < 1.29 is 4.79 Å². The molecule has 2 aromatic rings. The van der Waals surface area contributed by atoms with Gasteiger partial charge in [-0.1, -0.05) is 6.07 Å². The molecular formula is C20H26N4O. The molecule has 5 heteroatoms. The van der Waals surface area contributed by atoms with Gasteiger partial charge in [0, 0.05) is 36.2 Å². The number of aromatic nitrogens is 2. The van der Waals surface area contributed by atoms with Gasteiger partial charge in [-0.3, -0.25) is 9.78 Å². The lowest BCUT2D eigenvalue weighted by Crippen LogP contribution is -2.42. The molecule has 25 heavy (non-hydrogen) atoms. The van der Waals surface area contributed by atoms with E-state index in [0.717, 1.165) is 55.0 Å². The molecule has 0 aromatic carbocycles. The molecule has 2 bridgehead atoms. The second-order valence-electron chi connectivity index (χ2n) is 7.28. The molecule has 132 valence electrons. The Labute approximate surface area is 149 Å². The number of nitrogens with zero attached hydrogens (tertiary/aromatic N) is 3. The van der Waals surface area contributed by atoms with Crippen molar-refractivity contribution in [1.82, 2.24) is 19.8 Å². The van der Waals surface area contributed by atoms with Gasteiger partial charge < -0.3 is 14.8 Å². The SMILES string of the molecule is Cc1cc(C(=O)N2C3CCNCC2CC3)c(C)n1Cc1ccccn1. The average molecular weight is 338 g/mol. The predicted octanol–water partition coefficient (Wildman–Crippen LogP) is 2.51. The first kappa shape index (κ1) is 16.3. The zero-order chi connectivity index (χ0) is 17.4. The summed E-state index contributed by atoms with van der Waals surface area (Å²) in [6.07, 6.45) is 5.15. The molecule has 4 rings (SSSR count). The fourth-order valence-electron chi connectivity index (χ4n) is 4.37. The van der Waals surface area contributed by atoms with Crippen LogP contribution in [0, 0.1) is 13.8 Å². The number of hydrogen-bond acceptors (Lipinski definition) is 3. The lowest BCUT2D eigenvalue weighted by molar-refractivity contribution is 0.0679. The van der Waals surface area contributed by atoms with Crippen LogP contribution in [0.25, 0.3) is 0 Å². The van der Waals surface area contributed by atoms with E-state index < -0.39 is 0 Å². The maximum Gasteiger partial charge on any atom is 0.256 e. The summed E-state index contributed by atoms with van der Waals surface area (Å²) in [5, 5.41) is 3.47. The van der Waals surface area contributed by atoms with Crippen LogP contribution in [-0.2, 0) is 6.54 Å². The van der Waals surface area contributed by atoms with Crippen molar-refractivity contribution in [3.8, 4) is 0 Å². The molecule has 2 saturated heterocycles. The number of carbonyl (C=O) groups excluding carboxylic acids is 1. The fourth-order valence-corrected chi connectivity index (χ4v) is 4.37. The van der Waals surface area contributed by atoms with Crippen LogP contribution in [0.3, 0.4) is 0 Å². The summed E-state index contributed by atoms with van der Waals surface area (Å²) in [5.41, 5.74) is 4.03. The summed E-state index contributed by atoms with van der Waals surface area (Å²) >= 11 is 0. The van der Waals surface area contributed by atoms with Gasteiger partial charge in [0.25, 0.3) is 5.91 Å². The largest absolute Gasteiger partial charge is 0.342 e. The number of pyridine rings is 1. The minimum Gasteiger partial charge on any atom is -0.342 e. The normalized spacial score (nSPS) is 22.9. The molecule has 5 nitrogen and oxygen atoms in total. The molecule has 0 aliphatic carbocycles. The van der Waals surface area contributed by atoms with Gasteiger partial charge in [-0.05, 0) is 57.9 Å². The van der Waals surface area contributed by atoms with Crippen LogP contribution < -0.4 is 5.32 Å². The number of amides is 1. The van der Waals surface area contributed by atoms with E-state index in [9.17, 15) is 4.79 Å². The second kappa shape index (κ2) is 6.64. The minimum atomic E-state index is 0.205. The predicted molar refractivity (Wildman–Crippen MR) is 97.7 cm³/mol. The van der Waals surface area contributed by atoms with Crippen molar-refractivity contribution in [2.45, 2.75) is 51.7 Å². The van der Waals surface area contributed by atoms with Crippen LogP contribution >= 0.6 is 0 Å². The van der Waals surface area contributed by atoms with E-state index in [2.05, 4.69) is 39.7 Å². The van der Waals surface area contributed by atoms with Crippen molar-refractivity contribution in [2.75, 3.05) is 13.1 Å². The van der Waals surface area contributed by atoms with E-state index in [4.69, 9.17) is 0 Å². The summed E-state index contributed by atoms with van der Waals surface area (Å²) < 4.78 is 2.20. The van der Waals surface area contributed by atoms with Crippen LogP contribution in [-0.4, -0.2) is 45.5 Å². The quantitative estimate of drug-likeness (QED) is 0.935. The maximum atomic E-state index is 13.3. The Bertz CT molecular complexity index is 754. The zero-order valence-electron chi connectivity index (χ0n) is 15.0. The first-order valence-electron chi connectivity index (χ1n) is 9.25. The Kier molecular flexibility index (Phi) is 4.34. The van der Waals surface area contributed by atoms with Crippen molar-refractivity contribution in [3.63, 3.8) is 0 Å². The fraction of sp³-hybridized carbons (Fsp3) is 0.500. The lowest BCUT2D eigenvalue weighted by Gasteiger charge is -2.28. The molecule has 2 atom stereocenters. The molecule has 0 spiro atoms. The van der Waals surface area contributed by atoms with Gasteiger partial charge in [0.1, 0.15) is 0 Å². The van der Waals surface area contributed by atoms with Gasteiger partial charge in [0.2, 0.25) is 0 Å². The first-order valence-corrected chi connectivity index (χ1v) is 9.25. The minimum absolute atomic E-state index is 0.205. The lowest BCUT2D eigenvalue weighted by atomic mass is 10.1. The summed E-state index contributed by atoms with van der Waals surface area (Å²) in [7, 11) is 0. The Morgan fingerprint density at radius 3 is 2.88 bits per heavy atom. The van der Waals surface area contributed by atoms with Gasteiger partial charge in [0.15, 0.2) is 0 Å². The van der Waals surface area contributed by atoms with Crippen LogP contribution in [0.4, 0.5) is 0 Å². The molecule has 2 fully saturated rings. The van der Waals surface area contributed by atoms with Crippen LogP contribution in [0.15, 0.2) is 30.5 Å². The standard InChI is InChI=1S/C20H26N4O/c1-14-11-19(15(2)23(14)13-16-5-3-4-9-22-16)20(25)24-17-6-7-18(24)12-21-10-8-17/h3-5,9,11,17-18,21H,6-8,10,12-13H2,1-2H3. The Morgan fingerprint density at radius 1 is 1.24 bits per heavy atom. The van der Waals surface area contributed by atoms with Crippen LogP contribution in [0.5, 0.6) is 0 Å². The third kappa shape index (κ3) is 2.97. The highest BCUT2D eigenvalue weighted by Gasteiger charge is 2.39. The topological polar surface area (TPSA) is 50.2 Å². The third-order valence-corrected chi connectivity index (χ3v) is 5.74. The van der Waals surface area contributed by atoms with E-state index in [1.165, 1.54) is 0 Å². The van der Waals surface area contributed by atoms with Gasteiger partial charge in [-0.15, -0.1) is 0 Å². The average Bonchev–Trinajstić information content (AvgIpc) is 3.04. The maximum absolute atomic E-state index is 13.3. The van der Waals surface area contributed by atoms with Gasteiger partial charge in [0.05, 0.1) is 17.8 Å². The zero-order valence-corrected chi connectivity index (χ0v) is 15.0. The van der Waals surface area contributed by atoms with Gasteiger partial charge >= 0.3 is 0 Å². The molecular weight excluding hydrogens is 312 g/mol. The third-order valence-electron chi connectivity index (χ3n) is 5.74. The van der Waals surface area contributed by atoms with Crippen LogP contribution in [0.2, 0.25) is 0 Å². The molecule has 2 aromatic heterocycles. The number of hydrogen-bond donors (Lipinski definition) is 1. The van der Waals surface area contributed by atoms with Gasteiger partial charge in [-0.2, -0.15) is 0 Å². The number of fused-ring (bicyclic) bond motifs is 2. The molecule has 4 heterocycles. The van der Waals surface area contributed by atoms with Gasteiger partial charge in [-0.25, -0.2) is 0 Å². The van der Waals surface area contributed by atoms with E-state index in [0.29, 0.717) is 18.6 Å². The summed E-state index contributed by atoms with van der Waals surface area (Å²) in [5.74, 6) is 0.205. The van der Waals surface area contributed by atoms with Crippen molar-refractivity contribution in [2.24, 2.45) is 0 Å². The molecule has 0 saturated carbocycles. The van der Waals surface area contributed by atoms with E-state index in [1.54, 1.807) is 0 Å². The number of nitrogens with one attached hydrogen (secondary N) is 1. The molecule has 2 unspecified atom stereocenters. The van der Waals surface area contributed by atoms with Crippen molar-refractivity contribution >= 4 is 5.91 Å². The number of aryl methyl sites for hydroxylation is 1. The number of rotatable bonds is 3.